The van der Waals surface area contributed by atoms with Gasteiger partial charge >= 0.3 is 0 Å². The summed E-state index contributed by atoms with van der Waals surface area (Å²) < 4.78 is 2.45. The molecule has 14 rings (SSSR count). The molecule has 346 valence electrons. The second kappa shape index (κ2) is 18.1. The summed E-state index contributed by atoms with van der Waals surface area (Å²) >= 11 is 0. The molecule has 0 spiro atoms. The maximum absolute atomic E-state index is 2.45. The zero-order valence-corrected chi connectivity index (χ0v) is 40.6. The first-order valence-electron chi connectivity index (χ1n) is 25.5. The van der Waals surface area contributed by atoms with Crippen LogP contribution in [0.5, 0.6) is 0 Å². The van der Waals surface area contributed by atoms with Crippen molar-refractivity contribution < 1.29 is 0 Å². The molecule has 0 unspecified atom stereocenters. The summed E-state index contributed by atoms with van der Waals surface area (Å²) in [6.45, 7) is 0. The van der Waals surface area contributed by atoms with E-state index in [9.17, 15) is 0 Å². The van der Waals surface area contributed by atoms with Crippen LogP contribution in [0.15, 0.2) is 291 Å². The molecule has 2 nitrogen and oxygen atoms in total. The number of fused-ring (bicyclic) bond motifs is 8. The van der Waals surface area contributed by atoms with Gasteiger partial charge in [0, 0.05) is 38.9 Å². The molecular formula is C72H48N2. The summed E-state index contributed by atoms with van der Waals surface area (Å²) in [5.41, 5.74) is 18.6. The molecule has 0 atom stereocenters. The van der Waals surface area contributed by atoms with Gasteiger partial charge in [-0.25, -0.2) is 0 Å². The third-order valence-electron chi connectivity index (χ3n) is 14.9. The Morgan fingerprint density at radius 1 is 0.243 bits per heavy atom. The predicted molar refractivity (Wildman–Crippen MR) is 315 cm³/mol. The lowest BCUT2D eigenvalue weighted by Crippen LogP contribution is -2.10. The van der Waals surface area contributed by atoms with E-state index in [4.69, 9.17) is 0 Å². The molecule has 0 aliphatic heterocycles. The van der Waals surface area contributed by atoms with E-state index in [0.717, 1.165) is 33.9 Å². The van der Waals surface area contributed by atoms with E-state index in [2.05, 4.69) is 301 Å². The number of hydrogen-bond donors (Lipinski definition) is 0. The molecular weight excluding hydrogens is 893 g/mol. The lowest BCUT2D eigenvalue weighted by Gasteiger charge is -2.26. The quantitative estimate of drug-likeness (QED) is 0.131. The molecule has 74 heavy (non-hydrogen) atoms. The normalized spacial score (nSPS) is 11.5. The molecule has 0 aliphatic rings. The standard InChI is InChI=1S/C72H48N2/c1-4-16-49(17-5-1)58-45-59(50-18-6-2-7-19-50)47-60(46-58)52-34-40-63(41-35-52)73(62-38-32-51(33-39-62)55-37-42-66-57(44-55)31-30-53-20-10-12-26-65(53)66)64-25-14-22-56(48-64)67-28-15-29-70-71(67)69-43-36-54-21-11-13-27-68(54)72(69)74(70)61-23-8-3-9-24-61/h1-48H. The van der Waals surface area contributed by atoms with Gasteiger partial charge in [0.2, 0.25) is 0 Å². The highest BCUT2D eigenvalue weighted by Crippen LogP contribution is 2.44. The SMILES string of the molecule is c1ccc(-c2cc(-c3ccccc3)cc(-c3ccc(N(c4ccc(-c5ccc6c(ccc7ccccc76)c5)cc4)c4cccc(-c5cccc6c5c5ccc7ccccc7c5n6-c5ccccc5)c4)cc3)c2)cc1. The van der Waals surface area contributed by atoms with Crippen LogP contribution in [0.25, 0.3) is 115 Å². The maximum atomic E-state index is 2.45. The summed E-state index contributed by atoms with van der Waals surface area (Å²) in [7, 11) is 0. The second-order valence-corrected chi connectivity index (χ2v) is 19.3. The van der Waals surface area contributed by atoms with Gasteiger partial charge in [-0.15, -0.1) is 0 Å². The number of rotatable bonds is 9. The fourth-order valence-corrected chi connectivity index (χ4v) is 11.4. The van der Waals surface area contributed by atoms with Crippen LogP contribution in [0.1, 0.15) is 0 Å². The van der Waals surface area contributed by atoms with Gasteiger partial charge in [0.25, 0.3) is 0 Å². The minimum atomic E-state index is 1.07. The fourth-order valence-electron chi connectivity index (χ4n) is 11.4. The molecule has 0 saturated heterocycles. The average Bonchev–Trinajstić information content (AvgIpc) is 3.83. The van der Waals surface area contributed by atoms with Gasteiger partial charge in [-0.2, -0.15) is 0 Å². The monoisotopic (exact) mass is 940 g/mol. The van der Waals surface area contributed by atoms with Gasteiger partial charge in [0.15, 0.2) is 0 Å². The molecule has 2 heteroatoms. The van der Waals surface area contributed by atoms with Gasteiger partial charge in [0.05, 0.1) is 11.0 Å². The summed E-state index contributed by atoms with van der Waals surface area (Å²) in [5, 5.41) is 10.00. The van der Waals surface area contributed by atoms with Gasteiger partial charge < -0.3 is 9.47 Å². The van der Waals surface area contributed by atoms with Crippen molar-refractivity contribution >= 4 is 71.2 Å². The minimum absolute atomic E-state index is 1.07. The van der Waals surface area contributed by atoms with Crippen molar-refractivity contribution in [2.24, 2.45) is 0 Å². The second-order valence-electron chi connectivity index (χ2n) is 19.3. The van der Waals surface area contributed by atoms with E-state index in [1.165, 1.54) is 98.6 Å². The Kier molecular flexibility index (Phi) is 10.6. The molecule has 1 aromatic heterocycles. The van der Waals surface area contributed by atoms with Crippen LogP contribution in [-0.2, 0) is 0 Å². The first-order valence-corrected chi connectivity index (χ1v) is 25.5. The highest BCUT2D eigenvalue weighted by atomic mass is 15.1. The summed E-state index contributed by atoms with van der Waals surface area (Å²) in [5.74, 6) is 0. The number of aromatic nitrogens is 1. The number of hydrogen-bond acceptors (Lipinski definition) is 1. The van der Waals surface area contributed by atoms with E-state index >= 15 is 0 Å². The molecule has 1 heterocycles. The van der Waals surface area contributed by atoms with Crippen LogP contribution in [-0.4, -0.2) is 4.57 Å². The fraction of sp³-hybridized carbons (Fsp3) is 0. The zero-order chi connectivity index (χ0) is 49.0. The molecule has 0 N–H and O–H groups in total. The van der Waals surface area contributed by atoms with E-state index < -0.39 is 0 Å². The molecule has 0 aliphatic carbocycles. The van der Waals surface area contributed by atoms with Crippen LogP contribution in [0.2, 0.25) is 0 Å². The Bertz CT molecular complexity index is 4330. The van der Waals surface area contributed by atoms with Crippen molar-refractivity contribution in [1.29, 1.82) is 0 Å². The number of benzene rings is 13. The topological polar surface area (TPSA) is 8.17 Å². The van der Waals surface area contributed by atoms with E-state index in [0.29, 0.717) is 0 Å². The molecule has 0 radical (unpaired) electrons. The Labute approximate surface area is 430 Å². The largest absolute Gasteiger partial charge is 0.310 e. The van der Waals surface area contributed by atoms with Crippen molar-refractivity contribution in [2.45, 2.75) is 0 Å². The highest BCUT2D eigenvalue weighted by Gasteiger charge is 2.20. The van der Waals surface area contributed by atoms with Crippen LogP contribution in [0.4, 0.5) is 17.1 Å². The van der Waals surface area contributed by atoms with E-state index in [1.54, 1.807) is 0 Å². The first-order chi connectivity index (χ1) is 36.7. The van der Waals surface area contributed by atoms with Gasteiger partial charge in [-0.05, 0) is 161 Å². The first kappa shape index (κ1) is 43.1. The third kappa shape index (κ3) is 7.60. The van der Waals surface area contributed by atoms with E-state index in [1.807, 2.05) is 0 Å². The summed E-state index contributed by atoms with van der Waals surface area (Å²) in [4.78, 5) is 2.40. The van der Waals surface area contributed by atoms with Crippen LogP contribution >= 0.6 is 0 Å². The zero-order valence-electron chi connectivity index (χ0n) is 40.6. The van der Waals surface area contributed by atoms with Gasteiger partial charge in [0.1, 0.15) is 0 Å². The van der Waals surface area contributed by atoms with Crippen molar-refractivity contribution in [3.63, 3.8) is 0 Å². The van der Waals surface area contributed by atoms with Crippen LogP contribution < -0.4 is 4.90 Å². The van der Waals surface area contributed by atoms with Crippen molar-refractivity contribution in [3.8, 4) is 61.3 Å². The Hall–Kier alpha value is -9.76. The molecule has 0 bridgehead atoms. The number of nitrogens with zero attached hydrogens (tertiary/aromatic N) is 2. The minimum Gasteiger partial charge on any atom is -0.310 e. The lowest BCUT2D eigenvalue weighted by atomic mass is 9.93. The maximum Gasteiger partial charge on any atom is 0.0619 e. The van der Waals surface area contributed by atoms with E-state index in [-0.39, 0.29) is 0 Å². The van der Waals surface area contributed by atoms with Crippen LogP contribution in [0, 0.1) is 0 Å². The molecule has 0 saturated carbocycles. The molecule has 0 fully saturated rings. The Morgan fingerprint density at radius 2 is 0.716 bits per heavy atom. The highest BCUT2D eigenvalue weighted by molar-refractivity contribution is 6.22. The predicted octanol–water partition coefficient (Wildman–Crippen LogP) is 20.0. The van der Waals surface area contributed by atoms with Crippen molar-refractivity contribution in [3.05, 3.63) is 291 Å². The molecule has 0 amide bonds. The number of para-hydroxylation sites is 1. The van der Waals surface area contributed by atoms with Crippen molar-refractivity contribution in [2.75, 3.05) is 4.90 Å². The van der Waals surface area contributed by atoms with Crippen LogP contribution in [0.3, 0.4) is 0 Å². The smallest absolute Gasteiger partial charge is 0.0619 e. The van der Waals surface area contributed by atoms with Crippen molar-refractivity contribution in [1.82, 2.24) is 4.57 Å². The Balaban J connectivity index is 0.908. The molecule has 13 aromatic carbocycles. The Morgan fingerprint density at radius 3 is 1.38 bits per heavy atom. The average molecular weight is 941 g/mol. The lowest BCUT2D eigenvalue weighted by molar-refractivity contribution is 1.19. The van der Waals surface area contributed by atoms with Gasteiger partial charge in [-0.3, -0.25) is 0 Å². The number of anilines is 3. The molecule has 14 aromatic rings. The summed E-state index contributed by atoms with van der Waals surface area (Å²) in [6, 6.07) is 107. The van der Waals surface area contributed by atoms with Gasteiger partial charge in [-0.1, -0.05) is 212 Å². The summed E-state index contributed by atoms with van der Waals surface area (Å²) in [6.07, 6.45) is 0. The third-order valence-corrected chi connectivity index (χ3v) is 14.9.